The van der Waals surface area contributed by atoms with Gasteiger partial charge in [0.25, 0.3) is 11.6 Å². The van der Waals surface area contributed by atoms with Crippen LogP contribution in [0.15, 0.2) is 65.1 Å². The van der Waals surface area contributed by atoms with E-state index >= 15 is 0 Å². The van der Waals surface area contributed by atoms with Crippen molar-refractivity contribution < 1.29 is 19.5 Å². The van der Waals surface area contributed by atoms with Crippen LogP contribution in [0.5, 0.6) is 11.5 Å². The average molecular weight is 421 g/mol. The molecule has 31 heavy (non-hydrogen) atoms. The highest BCUT2D eigenvalue weighted by Crippen LogP contribution is 2.40. The number of aromatic nitrogens is 2. The third-order valence-corrected chi connectivity index (χ3v) is 4.68. The van der Waals surface area contributed by atoms with E-state index in [1.807, 2.05) is 6.07 Å². The lowest BCUT2D eigenvalue weighted by atomic mass is 9.92. The minimum atomic E-state index is -0.632. The predicted octanol–water partition coefficient (Wildman–Crippen LogP) is 3.91. The molecule has 10 heteroatoms. The highest BCUT2D eigenvalue weighted by atomic mass is 16.7. The molecule has 0 aliphatic carbocycles. The Bertz CT molecular complexity index is 1100. The van der Waals surface area contributed by atoms with Crippen LogP contribution in [-0.4, -0.2) is 32.9 Å². The maximum atomic E-state index is 11.1. The molecule has 3 aromatic rings. The number of aliphatic hydroxyl groups is 1. The molecule has 1 aliphatic heterocycles. The second kappa shape index (κ2) is 8.84. The zero-order chi connectivity index (χ0) is 21.8. The van der Waals surface area contributed by atoms with E-state index in [9.17, 15) is 15.2 Å². The van der Waals surface area contributed by atoms with E-state index in [0.29, 0.717) is 23.5 Å². The number of ether oxygens (including phenoxy) is 2. The van der Waals surface area contributed by atoms with Crippen molar-refractivity contribution in [3.63, 3.8) is 0 Å². The van der Waals surface area contributed by atoms with Gasteiger partial charge in [0.05, 0.1) is 11.0 Å². The second-order valence-corrected chi connectivity index (χ2v) is 6.97. The Balaban J connectivity index is 1.82. The van der Waals surface area contributed by atoms with Gasteiger partial charge in [0, 0.05) is 24.5 Å². The highest BCUT2D eigenvalue weighted by Gasteiger charge is 2.25. The van der Waals surface area contributed by atoms with Crippen molar-refractivity contribution in [2.45, 2.75) is 25.5 Å². The average Bonchev–Trinajstić information content (AvgIpc) is 3.22. The van der Waals surface area contributed by atoms with E-state index in [4.69, 9.17) is 9.47 Å². The molecule has 158 valence electrons. The van der Waals surface area contributed by atoms with Gasteiger partial charge in [-0.05, 0) is 60.4 Å². The smallest absolute Gasteiger partial charge is 0.269 e. The normalized spacial score (nSPS) is 14.5. The van der Waals surface area contributed by atoms with Crippen LogP contribution >= 0.6 is 0 Å². The molecule has 0 fully saturated rings. The minimum Gasteiger partial charge on any atom is -0.454 e. The topological polar surface area (TPSA) is 132 Å². The zero-order valence-corrected chi connectivity index (χ0v) is 16.6. The van der Waals surface area contributed by atoms with E-state index in [2.05, 4.69) is 20.2 Å². The molecular weight excluding hydrogens is 402 g/mol. The van der Waals surface area contributed by atoms with E-state index < -0.39 is 17.1 Å². The number of nitro benzene ring substituents is 1. The summed E-state index contributed by atoms with van der Waals surface area (Å²) in [7, 11) is 0. The van der Waals surface area contributed by atoms with E-state index in [1.165, 1.54) is 12.1 Å². The molecule has 2 aromatic carbocycles. The molecule has 0 saturated heterocycles. The molecule has 10 nitrogen and oxygen atoms in total. The van der Waals surface area contributed by atoms with Gasteiger partial charge in [0.15, 0.2) is 11.5 Å². The van der Waals surface area contributed by atoms with Crippen molar-refractivity contribution in [3.8, 4) is 11.5 Å². The lowest BCUT2D eigenvalue weighted by Crippen LogP contribution is -2.09. The first kappa shape index (κ1) is 20.4. The Morgan fingerprint density at radius 3 is 2.48 bits per heavy atom. The number of fused-ring (bicyclic) bond motifs is 1. The molecule has 4 rings (SSSR count). The zero-order valence-electron chi connectivity index (χ0n) is 16.6. The first-order chi connectivity index (χ1) is 15.0. The highest BCUT2D eigenvalue weighted by molar-refractivity contribution is 5.52. The molecule has 0 saturated carbocycles. The number of benzene rings is 2. The van der Waals surface area contributed by atoms with Crippen LogP contribution in [-0.2, 0) is 6.42 Å². The van der Waals surface area contributed by atoms with Gasteiger partial charge in [-0.25, -0.2) is 9.97 Å². The number of nitro groups is 1. The van der Waals surface area contributed by atoms with Gasteiger partial charge < -0.3 is 14.6 Å². The Morgan fingerprint density at radius 2 is 1.84 bits per heavy atom. The largest absolute Gasteiger partial charge is 0.454 e. The van der Waals surface area contributed by atoms with E-state index in [0.717, 1.165) is 11.1 Å². The second-order valence-electron chi connectivity index (χ2n) is 6.97. The van der Waals surface area contributed by atoms with Crippen LogP contribution in [0.3, 0.4) is 0 Å². The third kappa shape index (κ3) is 4.64. The molecule has 0 amide bonds. The van der Waals surface area contributed by atoms with Crippen LogP contribution in [0.4, 0.5) is 11.6 Å². The van der Waals surface area contributed by atoms with Crippen molar-refractivity contribution in [1.29, 1.82) is 0 Å². The van der Waals surface area contributed by atoms with Gasteiger partial charge in [0.2, 0.25) is 6.79 Å². The first-order valence-electron chi connectivity index (χ1n) is 9.54. The number of nitrogens with zero attached hydrogens (tertiary/aromatic N) is 5. The van der Waals surface area contributed by atoms with E-state index in [1.54, 1.807) is 43.6 Å². The monoisotopic (exact) mass is 421 g/mol. The quantitative estimate of drug-likeness (QED) is 0.347. The molecular formula is C21H19N5O5. The summed E-state index contributed by atoms with van der Waals surface area (Å²) in [6, 6.07) is 10.7. The summed E-state index contributed by atoms with van der Waals surface area (Å²) in [4.78, 5) is 18.7. The first-order valence-corrected chi connectivity index (χ1v) is 9.54. The summed E-state index contributed by atoms with van der Waals surface area (Å²) in [5, 5.41) is 29.7. The van der Waals surface area contributed by atoms with Gasteiger partial charge in [-0.3, -0.25) is 10.1 Å². The molecule has 2 heterocycles. The lowest BCUT2D eigenvalue weighted by molar-refractivity contribution is -0.384. The molecule has 2 unspecified atom stereocenters. The van der Waals surface area contributed by atoms with Crippen LogP contribution in [0.2, 0.25) is 0 Å². The van der Waals surface area contributed by atoms with Gasteiger partial charge in [0.1, 0.15) is 6.04 Å². The third-order valence-electron chi connectivity index (χ3n) is 4.68. The summed E-state index contributed by atoms with van der Waals surface area (Å²) in [6.07, 6.45) is 2.86. The van der Waals surface area contributed by atoms with Crippen LogP contribution in [0, 0.1) is 10.1 Å². The minimum absolute atomic E-state index is 0.0271. The van der Waals surface area contributed by atoms with Crippen molar-refractivity contribution >= 4 is 11.6 Å². The van der Waals surface area contributed by atoms with Crippen molar-refractivity contribution in [2.24, 2.45) is 10.2 Å². The predicted molar refractivity (Wildman–Crippen MR) is 109 cm³/mol. The number of non-ortho nitro benzene ring substituents is 1. The maximum Gasteiger partial charge on any atom is 0.269 e. The fraction of sp³-hybridized carbons (Fsp3) is 0.238. The van der Waals surface area contributed by atoms with Crippen molar-refractivity contribution in [3.05, 3.63) is 81.7 Å². The molecule has 1 aromatic heterocycles. The molecule has 1 N–H and O–H groups in total. The number of hydrogen-bond donors (Lipinski definition) is 1. The summed E-state index contributed by atoms with van der Waals surface area (Å²) >= 11 is 0. The van der Waals surface area contributed by atoms with Crippen LogP contribution in [0.1, 0.15) is 29.7 Å². The Morgan fingerprint density at radius 1 is 1.16 bits per heavy atom. The van der Waals surface area contributed by atoms with Gasteiger partial charge in [-0.1, -0.05) is 0 Å². The molecule has 0 bridgehead atoms. The summed E-state index contributed by atoms with van der Waals surface area (Å²) < 4.78 is 11.0. The number of rotatable bonds is 7. The van der Waals surface area contributed by atoms with Crippen molar-refractivity contribution in [2.75, 3.05) is 6.79 Å². The number of aliphatic hydroxyl groups excluding tert-OH is 1. The standard InChI is InChI=1S/C21H19N5O5/c1-13(27)9-15-10-18-19(31-12-30-18)11-17(15)20(24-25-21-22-7-2-8-23-21)14-3-5-16(6-4-14)26(28)29/h2-8,10-11,13,20,27H,9,12H2,1H3. The Labute approximate surface area is 177 Å². The molecule has 2 atom stereocenters. The SMILES string of the molecule is CC(O)Cc1cc2c(cc1C(N=Nc1ncccn1)c1ccc([N+](=O)[O-])cc1)OCO2. The van der Waals surface area contributed by atoms with Gasteiger partial charge >= 0.3 is 0 Å². The summed E-state index contributed by atoms with van der Waals surface area (Å²) in [5.74, 6) is 1.33. The Hall–Kier alpha value is -3.92. The Kier molecular flexibility index (Phi) is 5.80. The fourth-order valence-corrected chi connectivity index (χ4v) is 3.29. The molecule has 1 aliphatic rings. The molecule has 0 spiro atoms. The van der Waals surface area contributed by atoms with Crippen LogP contribution < -0.4 is 9.47 Å². The van der Waals surface area contributed by atoms with Gasteiger partial charge in [-0.15, -0.1) is 5.11 Å². The summed E-state index contributed by atoms with van der Waals surface area (Å²) in [5.41, 5.74) is 2.19. The van der Waals surface area contributed by atoms with Gasteiger partial charge in [-0.2, -0.15) is 5.11 Å². The maximum absolute atomic E-state index is 11.1. The fourth-order valence-electron chi connectivity index (χ4n) is 3.29. The number of azo groups is 1. The van der Waals surface area contributed by atoms with Crippen molar-refractivity contribution in [1.82, 2.24) is 9.97 Å². The van der Waals surface area contributed by atoms with Crippen LogP contribution in [0.25, 0.3) is 0 Å². The lowest BCUT2D eigenvalue weighted by Gasteiger charge is -2.18. The number of hydrogen-bond acceptors (Lipinski definition) is 9. The molecule has 0 radical (unpaired) electrons. The van der Waals surface area contributed by atoms with E-state index in [-0.39, 0.29) is 18.4 Å². The summed E-state index contributed by atoms with van der Waals surface area (Å²) in [6.45, 7) is 1.79.